The van der Waals surface area contributed by atoms with Crippen molar-refractivity contribution >= 4 is 40.9 Å². The largest absolute Gasteiger partial charge is 0.456 e. The van der Waals surface area contributed by atoms with E-state index in [0.717, 1.165) is 54.3 Å². The molecule has 0 N–H and O–H groups in total. The molecule has 3 aliphatic heterocycles. The number of hydrogen-bond donors (Lipinski definition) is 0. The van der Waals surface area contributed by atoms with E-state index in [-0.39, 0.29) is 5.57 Å². The van der Waals surface area contributed by atoms with Crippen molar-refractivity contribution in [2.75, 3.05) is 14.1 Å². The number of rotatable bonds is 6. The Labute approximate surface area is 326 Å². The van der Waals surface area contributed by atoms with Gasteiger partial charge in [-0.15, -0.1) is 0 Å². The number of nitrogens with zero attached hydrogens (tertiary/aromatic N) is 2. The number of carbonyl (C=O) groups excluding carboxylic acids is 3. The molecular formula is C49H38N2O5. The van der Waals surface area contributed by atoms with Gasteiger partial charge in [0.15, 0.2) is 0 Å². The number of hydrogen-bond acceptors (Lipinski definition) is 5. The van der Waals surface area contributed by atoms with E-state index in [1.807, 2.05) is 170 Å². The minimum absolute atomic E-state index is 0.0255. The van der Waals surface area contributed by atoms with Gasteiger partial charge in [-0.25, -0.2) is 4.79 Å². The SMILES string of the molecule is CN1C(=O)C(=C2C(=CC=C3C=C(c4ccccc4)OC(c4ccccc4)=C3)CC/C2=C/C=C2C=C(c3ccccc3)OC(c3ccccc3)=C2)C(=O)N(C)C1=O. The summed E-state index contributed by atoms with van der Waals surface area (Å²) in [7, 11) is 2.81. The van der Waals surface area contributed by atoms with Gasteiger partial charge in [-0.05, 0) is 65.0 Å². The lowest BCUT2D eigenvalue weighted by atomic mass is 9.94. The second kappa shape index (κ2) is 15.6. The molecule has 0 bridgehead atoms. The van der Waals surface area contributed by atoms with Gasteiger partial charge in [-0.3, -0.25) is 19.4 Å². The van der Waals surface area contributed by atoms with Gasteiger partial charge in [0, 0.05) is 36.3 Å². The number of amides is 4. The van der Waals surface area contributed by atoms with Crippen molar-refractivity contribution in [1.82, 2.24) is 9.80 Å². The summed E-state index contributed by atoms with van der Waals surface area (Å²) in [6.45, 7) is 0. The minimum Gasteiger partial charge on any atom is -0.456 e. The fourth-order valence-corrected chi connectivity index (χ4v) is 7.03. The lowest BCUT2D eigenvalue weighted by molar-refractivity contribution is -0.134. The molecular weight excluding hydrogens is 697 g/mol. The van der Waals surface area contributed by atoms with Gasteiger partial charge in [0.2, 0.25) is 0 Å². The predicted molar refractivity (Wildman–Crippen MR) is 219 cm³/mol. The Balaban J connectivity index is 1.24. The summed E-state index contributed by atoms with van der Waals surface area (Å²) in [5, 5.41) is 0. The van der Waals surface area contributed by atoms with Crippen LogP contribution in [0, 0.1) is 0 Å². The average molecular weight is 735 g/mol. The molecule has 0 aromatic heterocycles. The Hall–Kier alpha value is -7.25. The van der Waals surface area contributed by atoms with Gasteiger partial charge in [-0.2, -0.15) is 0 Å². The zero-order valence-corrected chi connectivity index (χ0v) is 31.0. The summed E-state index contributed by atoms with van der Waals surface area (Å²) in [4.78, 5) is 42.5. The molecule has 7 heteroatoms. The highest BCUT2D eigenvalue weighted by Crippen LogP contribution is 2.41. The molecule has 274 valence electrons. The minimum atomic E-state index is -0.665. The molecule has 4 aliphatic rings. The van der Waals surface area contributed by atoms with Crippen molar-refractivity contribution in [3.63, 3.8) is 0 Å². The summed E-state index contributed by atoms with van der Waals surface area (Å²) >= 11 is 0. The second-order valence-corrected chi connectivity index (χ2v) is 13.7. The Morgan fingerprint density at radius 3 is 1.04 bits per heavy atom. The van der Waals surface area contributed by atoms with Gasteiger partial charge in [0.25, 0.3) is 11.8 Å². The second-order valence-electron chi connectivity index (χ2n) is 13.7. The van der Waals surface area contributed by atoms with Gasteiger partial charge in [0.05, 0.1) is 0 Å². The smallest absolute Gasteiger partial charge is 0.333 e. The molecule has 1 saturated carbocycles. The van der Waals surface area contributed by atoms with Crippen LogP contribution in [0.25, 0.3) is 23.0 Å². The maximum absolute atomic E-state index is 13.8. The number of carbonyl (C=O) groups is 3. The third kappa shape index (κ3) is 7.30. The van der Waals surface area contributed by atoms with Gasteiger partial charge < -0.3 is 9.47 Å². The number of barbiturate groups is 1. The molecule has 56 heavy (non-hydrogen) atoms. The van der Waals surface area contributed by atoms with Crippen molar-refractivity contribution in [3.05, 3.63) is 226 Å². The number of benzene rings is 4. The molecule has 0 spiro atoms. The van der Waals surface area contributed by atoms with Crippen LogP contribution in [-0.4, -0.2) is 41.7 Å². The van der Waals surface area contributed by atoms with Gasteiger partial charge >= 0.3 is 6.03 Å². The average Bonchev–Trinajstić information content (AvgIpc) is 3.66. The van der Waals surface area contributed by atoms with E-state index in [0.29, 0.717) is 41.5 Å². The molecule has 0 atom stereocenters. The zero-order valence-electron chi connectivity index (χ0n) is 31.0. The molecule has 7 nitrogen and oxygen atoms in total. The highest BCUT2D eigenvalue weighted by atomic mass is 16.5. The van der Waals surface area contributed by atoms with Crippen LogP contribution in [0.15, 0.2) is 203 Å². The standard InChI is InChI=1S/C49H38N2O5/c1-50-47(52)46(48(53)51(2)49(50)54)45-39(25-23-33-29-41(35-15-7-3-8-16-35)55-42(30-33)36-17-9-4-10-18-36)27-28-40(45)26-24-34-31-43(37-19-11-5-12-20-37)56-44(32-34)38-21-13-6-14-22-38/h3-26,29-32H,27-28H2,1-2H3/b39-25-,40-26?. The Morgan fingerprint density at radius 1 is 0.429 bits per heavy atom. The summed E-state index contributed by atoms with van der Waals surface area (Å²) in [6.07, 6.45) is 17.0. The van der Waals surface area contributed by atoms with Crippen LogP contribution in [0.5, 0.6) is 0 Å². The van der Waals surface area contributed by atoms with E-state index < -0.39 is 17.8 Å². The van der Waals surface area contributed by atoms with E-state index in [9.17, 15) is 14.4 Å². The Kier molecular flexibility index (Phi) is 9.97. The topological polar surface area (TPSA) is 76.2 Å². The van der Waals surface area contributed by atoms with Crippen LogP contribution in [0.4, 0.5) is 4.79 Å². The number of likely N-dealkylation sites (N-methyl/N-ethyl adjacent to an activating group) is 2. The van der Waals surface area contributed by atoms with Crippen molar-refractivity contribution < 1.29 is 23.9 Å². The van der Waals surface area contributed by atoms with Crippen LogP contribution in [-0.2, 0) is 19.1 Å². The number of ether oxygens (including phenoxy) is 2. The van der Waals surface area contributed by atoms with Crippen molar-refractivity contribution in [3.8, 4) is 0 Å². The third-order valence-electron chi connectivity index (χ3n) is 9.98. The molecule has 4 amide bonds. The molecule has 2 fully saturated rings. The van der Waals surface area contributed by atoms with Crippen LogP contribution in [0.1, 0.15) is 35.1 Å². The number of imide groups is 2. The van der Waals surface area contributed by atoms with Crippen LogP contribution < -0.4 is 0 Å². The first-order valence-corrected chi connectivity index (χ1v) is 18.4. The normalized spacial score (nSPS) is 18.7. The molecule has 3 heterocycles. The van der Waals surface area contributed by atoms with Crippen LogP contribution in [0.3, 0.4) is 0 Å². The summed E-state index contributed by atoms with van der Waals surface area (Å²) in [6, 6.07) is 39.0. The van der Waals surface area contributed by atoms with Crippen LogP contribution >= 0.6 is 0 Å². The lowest BCUT2D eigenvalue weighted by Gasteiger charge is -2.30. The van der Waals surface area contributed by atoms with Gasteiger partial charge in [-0.1, -0.05) is 146 Å². The third-order valence-corrected chi connectivity index (χ3v) is 9.98. The highest BCUT2D eigenvalue weighted by Gasteiger charge is 2.42. The molecule has 8 rings (SSSR count). The number of urea groups is 1. The molecule has 1 saturated heterocycles. The quantitative estimate of drug-likeness (QED) is 0.146. The monoisotopic (exact) mass is 734 g/mol. The van der Waals surface area contributed by atoms with Crippen LogP contribution in [0.2, 0.25) is 0 Å². The van der Waals surface area contributed by atoms with E-state index in [2.05, 4.69) is 0 Å². The zero-order chi connectivity index (χ0) is 38.6. The van der Waals surface area contributed by atoms with E-state index in [1.165, 1.54) is 14.1 Å². The van der Waals surface area contributed by atoms with E-state index >= 15 is 0 Å². The molecule has 0 radical (unpaired) electrons. The van der Waals surface area contributed by atoms with Crippen molar-refractivity contribution in [2.45, 2.75) is 12.8 Å². The molecule has 4 aromatic carbocycles. The summed E-state index contributed by atoms with van der Waals surface area (Å²) in [5.74, 6) is 1.57. The predicted octanol–water partition coefficient (Wildman–Crippen LogP) is 10.1. The maximum Gasteiger partial charge on any atom is 0.333 e. The molecule has 1 aliphatic carbocycles. The van der Waals surface area contributed by atoms with Gasteiger partial charge in [0.1, 0.15) is 28.6 Å². The number of allylic oxidation sites excluding steroid dienone is 13. The summed E-state index contributed by atoms with van der Waals surface area (Å²) in [5.41, 5.74) is 7.66. The molecule has 0 unspecified atom stereocenters. The fraction of sp³-hybridized carbons (Fsp3) is 0.0816. The fourth-order valence-electron chi connectivity index (χ4n) is 7.03. The van der Waals surface area contributed by atoms with E-state index in [4.69, 9.17) is 9.47 Å². The maximum atomic E-state index is 13.8. The Bertz CT molecular complexity index is 2230. The lowest BCUT2D eigenvalue weighted by Crippen LogP contribution is -2.53. The molecule has 4 aromatic rings. The first kappa shape index (κ1) is 35.8. The Morgan fingerprint density at radius 2 is 0.732 bits per heavy atom. The first-order chi connectivity index (χ1) is 27.3. The van der Waals surface area contributed by atoms with E-state index in [1.54, 1.807) is 0 Å². The first-order valence-electron chi connectivity index (χ1n) is 18.4. The van der Waals surface area contributed by atoms with Crippen molar-refractivity contribution in [2.24, 2.45) is 0 Å². The summed E-state index contributed by atoms with van der Waals surface area (Å²) < 4.78 is 12.8. The highest BCUT2D eigenvalue weighted by molar-refractivity contribution is 6.29. The van der Waals surface area contributed by atoms with Crippen molar-refractivity contribution in [1.29, 1.82) is 0 Å².